The largest absolute Gasteiger partial charge is 0.481 e. The number of carbonyl (C=O) groups is 1. The number of carboxylic acids is 1. The van der Waals surface area contributed by atoms with Crippen molar-refractivity contribution in [3.05, 3.63) is 12.2 Å². The van der Waals surface area contributed by atoms with E-state index in [1.165, 1.54) is 0 Å². The molecule has 1 unspecified atom stereocenters. The van der Waals surface area contributed by atoms with Gasteiger partial charge in [-0.15, -0.1) is 5.92 Å². The molecule has 1 aliphatic carbocycles. The lowest BCUT2D eigenvalue weighted by Gasteiger charge is -2.22. The summed E-state index contributed by atoms with van der Waals surface area (Å²) in [5, 5.41) is 38.9. The van der Waals surface area contributed by atoms with Gasteiger partial charge < -0.3 is 20.4 Å². The van der Waals surface area contributed by atoms with E-state index in [9.17, 15) is 20.1 Å². The number of hydrogen-bond donors (Lipinski definition) is 4. The van der Waals surface area contributed by atoms with Gasteiger partial charge in [-0.25, -0.2) is 0 Å². The third kappa shape index (κ3) is 8.53. The Hall–Kier alpha value is -1.35. The highest BCUT2D eigenvalue weighted by atomic mass is 16.4. The molecule has 0 aromatic rings. The molecule has 5 heteroatoms. The van der Waals surface area contributed by atoms with Crippen molar-refractivity contribution in [3.63, 3.8) is 0 Å². The second-order valence-electron chi connectivity index (χ2n) is 6.86. The lowest BCUT2D eigenvalue weighted by atomic mass is 9.86. The van der Waals surface area contributed by atoms with Crippen LogP contribution in [0, 0.1) is 23.7 Å². The maximum absolute atomic E-state index is 10.5. The van der Waals surface area contributed by atoms with Crippen LogP contribution in [0.5, 0.6) is 0 Å². The summed E-state index contributed by atoms with van der Waals surface area (Å²) in [6.45, 7) is 2.04. The molecule has 0 aromatic carbocycles. The molecule has 0 saturated heterocycles. The van der Waals surface area contributed by atoms with Crippen LogP contribution in [0.4, 0.5) is 0 Å². The molecule has 1 rings (SSSR count). The van der Waals surface area contributed by atoms with E-state index in [0.29, 0.717) is 38.5 Å². The highest BCUT2D eigenvalue weighted by Crippen LogP contribution is 2.38. The fraction of sp³-hybridized carbons (Fsp3) is 0.750. The van der Waals surface area contributed by atoms with Crippen molar-refractivity contribution in [3.8, 4) is 11.8 Å². The Morgan fingerprint density at radius 2 is 1.96 bits per heavy atom. The van der Waals surface area contributed by atoms with Crippen molar-refractivity contribution in [2.75, 3.05) is 0 Å². The smallest absolute Gasteiger partial charge is 0.303 e. The van der Waals surface area contributed by atoms with Crippen LogP contribution in [-0.4, -0.2) is 44.7 Å². The van der Waals surface area contributed by atoms with Crippen LogP contribution in [0.25, 0.3) is 0 Å². The number of aliphatic hydroxyl groups is 3. The Kier molecular flexibility index (Phi) is 10.5. The molecule has 0 bridgehead atoms. The van der Waals surface area contributed by atoms with Crippen molar-refractivity contribution in [2.24, 2.45) is 11.8 Å². The summed E-state index contributed by atoms with van der Waals surface area (Å²) in [4.78, 5) is 10.5. The number of carboxylic acid groups (broad SMARTS) is 1. The van der Waals surface area contributed by atoms with E-state index < -0.39 is 24.3 Å². The van der Waals surface area contributed by atoms with Gasteiger partial charge in [0.25, 0.3) is 0 Å². The van der Waals surface area contributed by atoms with Gasteiger partial charge in [0.05, 0.1) is 12.2 Å². The molecule has 5 nitrogen and oxygen atoms in total. The van der Waals surface area contributed by atoms with E-state index in [1.807, 2.05) is 19.1 Å². The Labute approximate surface area is 150 Å². The van der Waals surface area contributed by atoms with Crippen LogP contribution in [-0.2, 0) is 4.79 Å². The van der Waals surface area contributed by atoms with Gasteiger partial charge in [0.15, 0.2) is 0 Å². The van der Waals surface area contributed by atoms with E-state index in [4.69, 9.17) is 5.11 Å². The third-order valence-electron chi connectivity index (χ3n) is 4.77. The molecule has 5 atom stereocenters. The van der Waals surface area contributed by atoms with Gasteiger partial charge in [-0.1, -0.05) is 25.0 Å². The van der Waals surface area contributed by atoms with Crippen LogP contribution >= 0.6 is 0 Å². The molecule has 1 fully saturated rings. The average Bonchev–Trinajstić information content (AvgIpc) is 2.82. The minimum Gasteiger partial charge on any atom is -0.481 e. The first-order valence-corrected chi connectivity index (χ1v) is 9.35. The minimum atomic E-state index is -0.789. The molecular formula is C20H32O5. The number of allylic oxidation sites excluding steroid dienone is 2. The van der Waals surface area contributed by atoms with Crippen LogP contribution in [0.3, 0.4) is 0 Å². The van der Waals surface area contributed by atoms with Gasteiger partial charge >= 0.3 is 5.97 Å². The Morgan fingerprint density at radius 3 is 2.64 bits per heavy atom. The summed E-state index contributed by atoms with van der Waals surface area (Å²) >= 11 is 0. The van der Waals surface area contributed by atoms with Gasteiger partial charge in [0, 0.05) is 12.8 Å². The first-order valence-electron chi connectivity index (χ1n) is 9.35. The molecule has 0 aromatic heterocycles. The summed E-state index contributed by atoms with van der Waals surface area (Å²) in [6, 6.07) is 0. The Morgan fingerprint density at radius 1 is 1.24 bits per heavy atom. The normalized spacial score (nSPS) is 27.2. The second-order valence-corrected chi connectivity index (χ2v) is 6.86. The molecule has 0 radical (unpaired) electrons. The highest BCUT2D eigenvalue weighted by molar-refractivity contribution is 5.66. The topological polar surface area (TPSA) is 98.0 Å². The lowest BCUT2D eigenvalue weighted by Crippen LogP contribution is -2.23. The molecule has 0 heterocycles. The number of hydrogen-bond acceptors (Lipinski definition) is 4. The number of unbranched alkanes of at least 4 members (excludes halogenated alkanes) is 2. The molecule has 4 N–H and O–H groups in total. The number of aliphatic carboxylic acids is 1. The van der Waals surface area contributed by atoms with E-state index in [0.717, 1.165) is 12.8 Å². The highest BCUT2D eigenvalue weighted by Gasteiger charge is 2.40. The van der Waals surface area contributed by atoms with Gasteiger partial charge in [0.2, 0.25) is 0 Å². The van der Waals surface area contributed by atoms with E-state index in [1.54, 1.807) is 0 Å². The standard InChI is InChI=1S/C20H32O5/c1-2-3-6-9-15(21)12-13-17-16(18(22)14-19(17)23)10-7-4-5-8-11-20(24)25/h4,7,15-19,21-23H,2-3,5,8,10-14H2,1H3,(H,24,25)/t15?,16-,17-,18+,19-/m1/s1. The predicted octanol–water partition coefficient (Wildman–Crippen LogP) is 2.49. The molecule has 1 saturated carbocycles. The summed E-state index contributed by atoms with van der Waals surface area (Å²) in [7, 11) is 0. The van der Waals surface area contributed by atoms with Crippen LogP contribution in [0.15, 0.2) is 12.2 Å². The van der Waals surface area contributed by atoms with E-state index in [2.05, 4.69) is 11.8 Å². The monoisotopic (exact) mass is 352 g/mol. The first kappa shape index (κ1) is 21.7. The fourth-order valence-electron chi connectivity index (χ4n) is 3.39. The molecule has 0 spiro atoms. The number of aliphatic hydroxyl groups excluding tert-OH is 3. The zero-order chi connectivity index (χ0) is 18.7. The van der Waals surface area contributed by atoms with E-state index in [-0.39, 0.29) is 18.3 Å². The van der Waals surface area contributed by atoms with Crippen LogP contribution in [0.1, 0.15) is 64.7 Å². The van der Waals surface area contributed by atoms with Crippen molar-refractivity contribution >= 4 is 5.97 Å². The van der Waals surface area contributed by atoms with Crippen molar-refractivity contribution in [1.29, 1.82) is 0 Å². The summed E-state index contributed by atoms with van der Waals surface area (Å²) < 4.78 is 0. The molecule has 0 aliphatic heterocycles. The van der Waals surface area contributed by atoms with Gasteiger partial charge in [-0.05, 0) is 56.8 Å². The zero-order valence-electron chi connectivity index (χ0n) is 15.1. The van der Waals surface area contributed by atoms with Crippen LogP contribution < -0.4 is 0 Å². The van der Waals surface area contributed by atoms with Crippen molar-refractivity contribution in [2.45, 2.75) is 83.0 Å². The summed E-state index contributed by atoms with van der Waals surface area (Å²) in [6.07, 6.45) is 7.55. The molecule has 25 heavy (non-hydrogen) atoms. The molecular weight excluding hydrogens is 320 g/mol. The average molecular weight is 352 g/mol. The van der Waals surface area contributed by atoms with Crippen molar-refractivity contribution in [1.82, 2.24) is 0 Å². The first-order chi connectivity index (χ1) is 12.0. The third-order valence-corrected chi connectivity index (χ3v) is 4.77. The van der Waals surface area contributed by atoms with Gasteiger partial charge in [-0.2, -0.15) is 0 Å². The van der Waals surface area contributed by atoms with Gasteiger partial charge in [-0.3, -0.25) is 4.79 Å². The fourth-order valence-corrected chi connectivity index (χ4v) is 3.39. The molecule has 142 valence electrons. The minimum absolute atomic E-state index is 0.0264. The number of rotatable bonds is 10. The summed E-state index contributed by atoms with van der Waals surface area (Å²) in [5.41, 5.74) is 0. The van der Waals surface area contributed by atoms with E-state index >= 15 is 0 Å². The lowest BCUT2D eigenvalue weighted by molar-refractivity contribution is -0.137. The second kappa shape index (κ2) is 12.1. The summed E-state index contributed by atoms with van der Waals surface area (Å²) in [5.74, 6) is 4.91. The maximum atomic E-state index is 10.5. The maximum Gasteiger partial charge on any atom is 0.303 e. The Bertz CT molecular complexity index is 476. The zero-order valence-corrected chi connectivity index (χ0v) is 15.1. The van der Waals surface area contributed by atoms with Crippen LogP contribution in [0.2, 0.25) is 0 Å². The quantitative estimate of drug-likeness (QED) is 0.275. The SMILES string of the molecule is CCCC#CC(O)CC[C@@H]1[C@@H](CC=CCCCC(=O)O)[C@@H](O)C[C@H]1O. The predicted molar refractivity (Wildman–Crippen MR) is 96.8 cm³/mol. The molecule has 0 amide bonds. The molecule has 1 aliphatic rings. The Balaban J connectivity index is 2.43. The van der Waals surface area contributed by atoms with Crippen molar-refractivity contribution < 1.29 is 25.2 Å². The van der Waals surface area contributed by atoms with Gasteiger partial charge in [0.1, 0.15) is 6.10 Å².